The Labute approximate surface area is 232 Å². The lowest BCUT2D eigenvalue weighted by Crippen LogP contribution is -2.66. The summed E-state index contributed by atoms with van der Waals surface area (Å²) in [7, 11) is 0. The van der Waals surface area contributed by atoms with Crippen LogP contribution in [0.5, 0.6) is 5.75 Å². The highest BCUT2D eigenvalue weighted by Crippen LogP contribution is 2.45. The summed E-state index contributed by atoms with van der Waals surface area (Å²) in [5.74, 6) is -2.91. The van der Waals surface area contributed by atoms with E-state index >= 15 is 4.39 Å². The second kappa shape index (κ2) is 10.6. The van der Waals surface area contributed by atoms with E-state index in [-0.39, 0.29) is 48.9 Å². The van der Waals surface area contributed by atoms with Gasteiger partial charge >= 0.3 is 5.97 Å². The molecule has 1 fully saturated rings. The Balaban J connectivity index is 1.58. The number of hydrogen-bond acceptors (Lipinski definition) is 8. The van der Waals surface area contributed by atoms with Crippen LogP contribution in [-0.4, -0.2) is 54.2 Å². The van der Waals surface area contributed by atoms with Crippen molar-refractivity contribution in [1.82, 2.24) is 9.58 Å². The number of ether oxygens (including phenoxy) is 3. The van der Waals surface area contributed by atoms with Crippen molar-refractivity contribution in [2.75, 3.05) is 31.6 Å². The maximum absolute atomic E-state index is 15.3. The highest BCUT2D eigenvalue weighted by atomic mass is 32.2. The van der Waals surface area contributed by atoms with E-state index in [9.17, 15) is 18.8 Å². The molecule has 0 aliphatic carbocycles. The summed E-state index contributed by atoms with van der Waals surface area (Å²) >= 11 is 1.40. The molecule has 40 heavy (non-hydrogen) atoms. The van der Waals surface area contributed by atoms with Crippen molar-refractivity contribution >= 4 is 23.6 Å². The van der Waals surface area contributed by atoms with Crippen LogP contribution in [0.1, 0.15) is 46.6 Å². The number of rotatable bonds is 5. The number of thioether (sulfide) groups is 1. The summed E-state index contributed by atoms with van der Waals surface area (Å²) in [6, 6.07) is 10.8. The Bertz CT molecular complexity index is 1560. The van der Waals surface area contributed by atoms with Gasteiger partial charge in [-0.2, -0.15) is 0 Å². The number of carbonyl (C=O) groups is 2. The molecule has 1 aromatic heterocycles. The maximum Gasteiger partial charge on any atom is 0.308 e. The summed E-state index contributed by atoms with van der Waals surface area (Å²) in [5, 5.41) is 1.85. The molecule has 4 heterocycles. The molecule has 0 spiro atoms. The first-order chi connectivity index (χ1) is 19.4. The molecule has 9 nitrogen and oxygen atoms in total. The summed E-state index contributed by atoms with van der Waals surface area (Å²) in [6.45, 7) is 1.74. The van der Waals surface area contributed by atoms with Gasteiger partial charge in [0.2, 0.25) is 18.0 Å². The normalized spacial score (nSPS) is 19.6. The molecule has 6 rings (SSSR count). The van der Waals surface area contributed by atoms with Crippen LogP contribution in [-0.2, 0) is 20.0 Å². The van der Waals surface area contributed by atoms with Gasteiger partial charge in [-0.25, -0.2) is 8.78 Å². The number of benzene rings is 2. The number of halogens is 2. The second-order valence-corrected chi connectivity index (χ2v) is 10.4. The lowest BCUT2D eigenvalue weighted by molar-refractivity contribution is -0.149. The average Bonchev–Trinajstić information content (AvgIpc) is 3.13. The predicted octanol–water partition coefficient (Wildman–Crippen LogP) is 3.56. The van der Waals surface area contributed by atoms with E-state index in [1.807, 2.05) is 29.3 Å². The number of amides is 1. The van der Waals surface area contributed by atoms with Gasteiger partial charge in [0.25, 0.3) is 5.91 Å². The number of esters is 1. The van der Waals surface area contributed by atoms with Gasteiger partial charge in [-0.1, -0.05) is 31.2 Å². The third-order valence-corrected chi connectivity index (χ3v) is 8.36. The van der Waals surface area contributed by atoms with E-state index in [0.29, 0.717) is 5.56 Å². The van der Waals surface area contributed by atoms with Gasteiger partial charge in [0, 0.05) is 41.4 Å². The number of carbonyl (C=O) groups excluding carboxylic acids is 2. The maximum atomic E-state index is 15.3. The lowest BCUT2D eigenvalue weighted by Gasteiger charge is -2.51. The van der Waals surface area contributed by atoms with E-state index in [4.69, 9.17) is 14.2 Å². The molecule has 12 heteroatoms. The molecule has 0 unspecified atom stereocenters. The number of hydrogen-bond donors (Lipinski definition) is 0. The van der Waals surface area contributed by atoms with Gasteiger partial charge in [0.15, 0.2) is 17.3 Å². The molecule has 0 N–H and O–H groups in total. The van der Waals surface area contributed by atoms with Gasteiger partial charge in [-0.3, -0.25) is 24.1 Å². The molecular formula is C28H25F2N3O6S. The van der Waals surface area contributed by atoms with Crippen LogP contribution in [0.4, 0.5) is 8.78 Å². The third-order valence-electron chi connectivity index (χ3n) is 7.24. The van der Waals surface area contributed by atoms with Crippen LogP contribution in [0.15, 0.2) is 58.4 Å². The molecule has 3 aliphatic rings. The molecule has 0 saturated carbocycles. The fourth-order valence-electron chi connectivity index (χ4n) is 5.37. The lowest BCUT2D eigenvalue weighted by atomic mass is 9.93. The number of pyridine rings is 1. The minimum Gasteiger partial charge on any atom is -0.451 e. The first-order valence-electron chi connectivity index (χ1n) is 12.8. The van der Waals surface area contributed by atoms with Crippen molar-refractivity contribution < 1.29 is 32.6 Å². The molecule has 1 saturated heterocycles. The van der Waals surface area contributed by atoms with Crippen molar-refractivity contribution in [2.45, 2.75) is 36.2 Å². The van der Waals surface area contributed by atoms with Gasteiger partial charge < -0.3 is 19.1 Å². The first-order valence-corrected chi connectivity index (χ1v) is 13.8. The highest BCUT2D eigenvalue weighted by molar-refractivity contribution is 7.98. The van der Waals surface area contributed by atoms with Crippen molar-refractivity contribution in [1.29, 1.82) is 0 Å². The van der Waals surface area contributed by atoms with Crippen LogP contribution in [0.2, 0.25) is 0 Å². The molecule has 0 bridgehead atoms. The smallest absolute Gasteiger partial charge is 0.308 e. The van der Waals surface area contributed by atoms with Crippen LogP contribution in [0, 0.1) is 11.6 Å². The third kappa shape index (κ3) is 4.31. The van der Waals surface area contributed by atoms with E-state index in [0.717, 1.165) is 16.5 Å². The van der Waals surface area contributed by atoms with Gasteiger partial charge in [0.05, 0.1) is 19.3 Å². The molecule has 3 aromatic rings. The van der Waals surface area contributed by atoms with Crippen molar-refractivity contribution in [3.05, 3.63) is 92.9 Å². The number of nitrogens with zero attached hydrogens (tertiary/aromatic N) is 3. The first kappa shape index (κ1) is 26.3. The van der Waals surface area contributed by atoms with Crippen LogP contribution >= 0.6 is 11.8 Å². The zero-order valence-electron chi connectivity index (χ0n) is 21.5. The molecule has 2 atom stereocenters. The Kier molecular flexibility index (Phi) is 6.97. The zero-order valence-corrected chi connectivity index (χ0v) is 22.3. The summed E-state index contributed by atoms with van der Waals surface area (Å²) in [4.78, 5) is 40.9. The van der Waals surface area contributed by atoms with Crippen LogP contribution in [0.25, 0.3) is 0 Å². The summed E-state index contributed by atoms with van der Waals surface area (Å²) < 4.78 is 47.6. The topological polar surface area (TPSA) is 90.3 Å². The largest absolute Gasteiger partial charge is 0.451 e. The molecular weight excluding hydrogens is 544 g/mol. The van der Waals surface area contributed by atoms with Gasteiger partial charge in [-0.15, -0.1) is 11.8 Å². The van der Waals surface area contributed by atoms with E-state index in [1.54, 1.807) is 17.9 Å². The molecule has 2 aromatic carbocycles. The molecule has 1 amide bonds. The monoisotopic (exact) mass is 569 g/mol. The second-order valence-electron chi connectivity index (χ2n) is 9.43. The fraction of sp³-hybridized carbons (Fsp3) is 0.321. The van der Waals surface area contributed by atoms with E-state index in [2.05, 4.69) is 0 Å². The minimum atomic E-state index is -0.943. The SMILES string of the molecule is CCC(=O)OCOc1c2n(ccc1=O)N([C@@H]1c3ccccc3SCc3c1ccc(F)c3F)[C@@H]1COCCN1C2=O. The van der Waals surface area contributed by atoms with Crippen molar-refractivity contribution in [3.8, 4) is 5.75 Å². The van der Waals surface area contributed by atoms with Crippen molar-refractivity contribution in [2.24, 2.45) is 0 Å². The van der Waals surface area contributed by atoms with Crippen LogP contribution in [0.3, 0.4) is 0 Å². The Morgan fingerprint density at radius 2 is 1.95 bits per heavy atom. The standard InChI is InChI=1S/C28H25F2N3O6S/c1-2-23(35)38-15-39-27-20(34)9-10-32-26(27)28(36)31-11-12-37-13-22(31)33(32)25-16-7-8-19(29)24(30)18(16)14-40-21-6-4-3-5-17(21)25/h3-10,22,25H,2,11-15H2,1H3/t22-,25+/m1/s1. The minimum absolute atomic E-state index is 0.0586. The number of morpholine rings is 1. The molecule has 208 valence electrons. The Hall–Kier alpha value is -3.90. The molecule has 3 aliphatic heterocycles. The highest BCUT2D eigenvalue weighted by Gasteiger charge is 2.46. The predicted molar refractivity (Wildman–Crippen MR) is 141 cm³/mol. The van der Waals surface area contributed by atoms with Gasteiger partial charge in [0.1, 0.15) is 6.17 Å². The Morgan fingerprint density at radius 3 is 2.77 bits per heavy atom. The van der Waals surface area contributed by atoms with E-state index < -0.39 is 47.9 Å². The number of aromatic nitrogens is 1. The average molecular weight is 570 g/mol. The quantitative estimate of drug-likeness (QED) is 0.341. The van der Waals surface area contributed by atoms with E-state index in [1.165, 1.54) is 28.7 Å². The van der Waals surface area contributed by atoms with Crippen molar-refractivity contribution in [3.63, 3.8) is 0 Å². The summed E-state index contributed by atoms with van der Waals surface area (Å²) in [5.41, 5.74) is 0.944. The number of fused-ring (bicyclic) bond motifs is 4. The molecule has 0 radical (unpaired) electrons. The summed E-state index contributed by atoms with van der Waals surface area (Å²) in [6.07, 6.45) is 0.948. The fourth-order valence-corrected chi connectivity index (χ4v) is 6.48. The van der Waals surface area contributed by atoms with Gasteiger partial charge in [-0.05, 0) is 23.3 Å². The Morgan fingerprint density at radius 1 is 1.12 bits per heavy atom. The zero-order chi connectivity index (χ0) is 28.0. The van der Waals surface area contributed by atoms with Crippen LogP contribution < -0.4 is 15.2 Å².